The van der Waals surface area contributed by atoms with Crippen LogP contribution < -0.4 is 5.01 Å². The van der Waals surface area contributed by atoms with Gasteiger partial charge < -0.3 is 14.3 Å². The standard InChI is InChI=1S/C26H22N2O6/c1-15(2)33-26(32)18-9-7-17(8-10-18)23-12-11-21(34-23)14-22-16(3)27-28(24(22)29)20-6-4-5-19(13-20)25(30)31/h4-15H,1-3H3,(H,30,31). The topological polar surface area (TPSA) is 109 Å². The highest BCUT2D eigenvalue weighted by Crippen LogP contribution is 2.28. The molecule has 0 saturated heterocycles. The fraction of sp³-hybridized carbons (Fsp3) is 0.154. The molecule has 0 bridgehead atoms. The molecule has 2 heterocycles. The third-order valence-electron chi connectivity index (χ3n) is 5.06. The van der Waals surface area contributed by atoms with Gasteiger partial charge in [-0.2, -0.15) is 10.1 Å². The average molecular weight is 458 g/mol. The van der Waals surface area contributed by atoms with E-state index in [9.17, 15) is 19.5 Å². The zero-order chi connectivity index (χ0) is 24.4. The van der Waals surface area contributed by atoms with Crippen LogP contribution in [0.1, 0.15) is 47.2 Å². The normalized spacial score (nSPS) is 14.6. The summed E-state index contributed by atoms with van der Waals surface area (Å²) in [6.45, 7) is 5.28. The fourth-order valence-corrected chi connectivity index (χ4v) is 3.41. The molecular formula is C26H22N2O6. The highest BCUT2D eigenvalue weighted by atomic mass is 16.5. The van der Waals surface area contributed by atoms with Crippen molar-refractivity contribution in [3.63, 3.8) is 0 Å². The van der Waals surface area contributed by atoms with Gasteiger partial charge in [-0.3, -0.25) is 4.79 Å². The number of nitrogens with zero attached hydrogens (tertiary/aromatic N) is 2. The van der Waals surface area contributed by atoms with E-state index in [1.54, 1.807) is 75.4 Å². The second-order valence-corrected chi connectivity index (χ2v) is 7.95. The van der Waals surface area contributed by atoms with Crippen molar-refractivity contribution in [2.24, 2.45) is 5.10 Å². The minimum absolute atomic E-state index is 0.0646. The summed E-state index contributed by atoms with van der Waals surface area (Å²) in [7, 11) is 0. The molecule has 1 amide bonds. The summed E-state index contributed by atoms with van der Waals surface area (Å²) in [4.78, 5) is 36.2. The molecular weight excluding hydrogens is 436 g/mol. The smallest absolute Gasteiger partial charge is 0.338 e. The first-order chi connectivity index (χ1) is 16.2. The molecule has 0 atom stereocenters. The van der Waals surface area contributed by atoms with Gasteiger partial charge in [-0.05, 0) is 69.3 Å². The fourth-order valence-electron chi connectivity index (χ4n) is 3.41. The van der Waals surface area contributed by atoms with Crippen LogP contribution in [0, 0.1) is 0 Å². The molecule has 0 radical (unpaired) electrons. The lowest BCUT2D eigenvalue weighted by Gasteiger charge is -2.12. The molecule has 0 spiro atoms. The minimum atomic E-state index is -1.09. The number of anilines is 1. The van der Waals surface area contributed by atoms with E-state index in [0.29, 0.717) is 34.1 Å². The summed E-state index contributed by atoms with van der Waals surface area (Å²) in [5, 5.41) is 14.7. The maximum atomic E-state index is 13.0. The van der Waals surface area contributed by atoms with Crippen LogP contribution in [0.25, 0.3) is 17.4 Å². The SMILES string of the molecule is CC1=NN(c2cccc(C(=O)O)c2)C(=O)C1=Cc1ccc(-c2ccc(C(=O)OC(C)C)cc2)o1. The Hall–Kier alpha value is -4.46. The Bertz CT molecular complexity index is 1330. The van der Waals surface area contributed by atoms with Crippen molar-refractivity contribution in [1.82, 2.24) is 0 Å². The number of furan rings is 1. The van der Waals surface area contributed by atoms with Crippen molar-refractivity contribution < 1.29 is 28.6 Å². The molecule has 0 aliphatic carbocycles. The maximum Gasteiger partial charge on any atom is 0.338 e. The third-order valence-corrected chi connectivity index (χ3v) is 5.06. The monoisotopic (exact) mass is 458 g/mol. The molecule has 0 fully saturated rings. The van der Waals surface area contributed by atoms with Crippen LogP contribution in [0.3, 0.4) is 0 Å². The number of carboxylic acids is 1. The number of carboxylic acid groups (broad SMARTS) is 1. The molecule has 34 heavy (non-hydrogen) atoms. The van der Waals surface area contributed by atoms with Crippen LogP contribution in [0.5, 0.6) is 0 Å². The van der Waals surface area contributed by atoms with E-state index in [1.165, 1.54) is 17.1 Å². The largest absolute Gasteiger partial charge is 0.478 e. The Balaban J connectivity index is 1.54. The van der Waals surface area contributed by atoms with Gasteiger partial charge in [-0.15, -0.1) is 0 Å². The van der Waals surface area contributed by atoms with E-state index in [-0.39, 0.29) is 23.5 Å². The number of hydrogen-bond acceptors (Lipinski definition) is 6. The third kappa shape index (κ3) is 4.66. The molecule has 8 heteroatoms. The number of amides is 1. The Morgan fingerprint density at radius 1 is 1.06 bits per heavy atom. The number of rotatable bonds is 6. The Morgan fingerprint density at radius 3 is 2.47 bits per heavy atom. The first-order valence-corrected chi connectivity index (χ1v) is 10.6. The van der Waals surface area contributed by atoms with Crippen molar-refractivity contribution in [2.75, 3.05) is 5.01 Å². The summed E-state index contributed by atoms with van der Waals surface area (Å²) in [5.41, 5.74) is 2.46. The Kier molecular flexibility index (Phi) is 6.14. The van der Waals surface area contributed by atoms with Gasteiger partial charge in [0, 0.05) is 5.56 Å². The lowest BCUT2D eigenvalue weighted by atomic mass is 10.1. The summed E-state index contributed by atoms with van der Waals surface area (Å²) in [5.74, 6) is -0.831. The second-order valence-electron chi connectivity index (χ2n) is 7.95. The van der Waals surface area contributed by atoms with E-state index in [4.69, 9.17) is 9.15 Å². The number of hydrazone groups is 1. The predicted molar refractivity (Wildman–Crippen MR) is 127 cm³/mol. The van der Waals surface area contributed by atoms with Crippen molar-refractivity contribution >= 4 is 35.3 Å². The quantitative estimate of drug-likeness (QED) is 0.410. The van der Waals surface area contributed by atoms with Crippen LogP contribution in [-0.4, -0.2) is 34.8 Å². The zero-order valence-corrected chi connectivity index (χ0v) is 18.8. The van der Waals surface area contributed by atoms with Gasteiger partial charge in [0.05, 0.1) is 34.2 Å². The van der Waals surface area contributed by atoms with E-state index >= 15 is 0 Å². The van der Waals surface area contributed by atoms with Crippen LogP contribution in [0.2, 0.25) is 0 Å². The van der Waals surface area contributed by atoms with Gasteiger partial charge in [0.2, 0.25) is 0 Å². The van der Waals surface area contributed by atoms with Gasteiger partial charge in [0.15, 0.2) is 0 Å². The maximum absolute atomic E-state index is 13.0. The molecule has 1 aliphatic rings. The van der Waals surface area contributed by atoms with Crippen LogP contribution in [0.15, 0.2) is 75.8 Å². The first-order valence-electron chi connectivity index (χ1n) is 10.6. The van der Waals surface area contributed by atoms with E-state index in [0.717, 1.165) is 5.56 Å². The highest BCUT2D eigenvalue weighted by Gasteiger charge is 2.29. The molecule has 8 nitrogen and oxygen atoms in total. The summed E-state index contributed by atoms with van der Waals surface area (Å²) in [6, 6.07) is 16.4. The van der Waals surface area contributed by atoms with Crippen LogP contribution >= 0.6 is 0 Å². The Morgan fingerprint density at radius 2 is 1.79 bits per heavy atom. The summed E-state index contributed by atoms with van der Waals surface area (Å²) in [6.07, 6.45) is 1.40. The van der Waals surface area contributed by atoms with Gasteiger partial charge in [0.25, 0.3) is 5.91 Å². The highest BCUT2D eigenvalue weighted by molar-refractivity contribution is 6.32. The molecule has 1 aromatic heterocycles. The summed E-state index contributed by atoms with van der Waals surface area (Å²) >= 11 is 0. The molecule has 1 N–H and O–H groups in total. The van der Waals surface area contributed by atoms with Crippen LogP contribution in [0.4, 0.5) is 5.69 Å². The Labute approximate surface area is 195 Å². The number of aromatic carboxylic acids is 1. The van der Waals surface area contributed by atoms with Crippen molar-refractivity contribution in [3.05, 3.63) is 83.1 Å². The minimum Gasteiger partial charge on any atom is -0.478 e. The molecule has 4 rings (SSSR count). The number of esters is 1. The first kappa shape index (κ1) is 22.7. The van der Waals surface area contributed by atoms with Crippen molar-refractivity contribution in [2.45, 2.75) is 26.9 Å². The molecule has 2 aromatic carbocycles. The summed E-state index contributed by atoms with van der Waals surface area (Å²) < 4.78 is 11.1. The second kappa shape index (κ2) is 9.19. The van der Waals surface area contributed by atoms with Gasteiger partial charge in [0.1, 0.15) is 11.5 Å². The number of carbonyl (C=O) groups excluding carboxylic acids is 2. The molecule has 1 aliphatic heterocycles. The molecule has 3 aromatic rings. The zero-order valence-electron chi connectivity index (χ0n) is 18.8. The average Bonchev–Trinajstić information content (AvgIpc) is 3.39. The predicted octanol–water partition coefficient (Wildman–Crippen LogP) is 5.02. The lowest BCUT2D eigenvalue weighted by molar-refractivity contribution is -0.114. The van der Waals surface area contributed by atoms with Crippen molar-refractivity contribution in [1.29, 1.82) is 0 Å². The van der Waals surface area contributed by atoms with Crippen LogP contribution in [-0.2, 0) is 9.53 Å². The van der Waals surface area contributed by atoms with Gasteiger partial charge >= 0.3 is 11.9 Å². The molecule has 0 saturated carbocycles. The number of ether oxygens (including phenoxy) is 1. The lowest BCUT2D eigenvalue weighted by Crippen LogP contribution is -2.21. The van der Waals surface area contributed by atoms with Crippen molar-refractivity contribution in [3.8, 4) is 11.3 Å². The number of hydrogen-bond donors (Lipinski definition) is 1. The van der Waals surface area contributed by atoms with E-state index < -0.39 is 5.97 Å². The molecule has 0 unspecified atom stereocenters. The number of benzene rings is 2. The molecule has 172 valence electrons. The van der Waals surface area contributed by atoms with E-state index in [1.807, 2.05) is 0 Å². The van der Waals surface area contributed by atoms with E-state index in [2.05, 4.69) is 5.10 Å². The number of carbonyl (C=O) groups is 3. The van der Waals surface area contributed by atoms with Gasteiger partial charge in [-0.1, -0.05) is 18.2 Å². The van der Waals surface area contributed by atoms with Gasteiger partial charge in [-0.25, -0.2) is 9.59 Å².